The van der Waals surface area contributed by atoms with Crippen LogP contribution in [-0.2, 0) is 21.4 Å². The Balaban J connectivity index is 1.23. The third-order valence-electron chi connectivity index (χ3n) is 6.53. The minimum Gasteiger partial charge on any atom is -0.489 e. The molecule has 0 unspecified atom stereocenters. The van der Waals surface area contributed by atoms with Gasteiger partial charge in [-0.2, -0.15) is 5.10 Å². The molecule has 0 heterocycles. The van der Waals surface area contributed by atoms with E-state index >= 15 is 0 Å². The van der Waals surface area contributed by atoms with Crippen LogP contribution < -0.4 is 14.5 Å². The van der Waals surface area contributed by atoms with Crippen LogP contribution in [0.2, 0.25) is 10.0 Å². The summed E-state index contributed by atoms with van der Waals surface area (Å²) in [6.07, 6.45) is 1.46. The Bertz CT molecular complexity index is 1870. The Morgan fingerprint density at radius 2 is 1.53 bits per heavy atom. The number of aryl methyl sites for hydroxylation is 1. The predicted octanol–water partition coefficient (Wildman–Crippen LogP) is 7.38. The number of carbonyl (C=O) groups is 1. The van der Waals surface area contributed by atoms with Gasteiger partial charge in [0, 0.05) is 10.0 Å². The SMILES string of the molecule is Cc1ccc(S(=O)(=O)N(CC(=O)N/N=C\c2ccc(OCc3ccc4ccccc4c3)cc2)c2cc(Cl)cc(Cl)c2)cc1. The van der Waals surface area contributed by atoms with E-state index in [2.05, 4.69) is 34.8 Å². The molecule has 0 fully saturated rings. The topological polar surface area (TPSA) is 88.1 Å². The summed E-state index contributed by atoms with van der Waals surface area (Å²) in [5.74, 6) is 0.0323. The maximum atomic E-state index is 13.5. The van der Waals surface area contributed by atoms with E-state index in [4.69, 9.17) is 27.9 Å². The normalized spacial score (nSPS) is 11.5. The van der Waals surface area contributed by atoms with Gasteiger partial charge in [-0.15, -0.1) is 0 Å². The lowest BCUT2D eigenvalue weighted by Crippen LogP contribution is -2.39. The van der Waals surface area contributed by atoms with Gasteiger partial charge < -0.3 is 4.74 Å². The van der Waals surface area contributed by atoms with Crippen molar-refractivity contribution in [1.29, 1.82) is 0 Å². The number of hydrogen-bond acceptors (Lipinski definition) is 5. The van der Waals surface area contributed by atoms with Crippen molar-refractivity contribution in [3.05, 3.63) is 136 Å². The molecule has 5 aromatic carbocycles. The number of amides is 1. The Morgan fingerprint density at radius 1 is 0.860 bits per heavy atom. The molecule has 5 aromatic rings. The largest absolute Gasteiger partial charge is 0.489 e. The fraction of sp³-hybridized carbons (Fsp3) is 0.0909. The number of fused-ring (bicyclic) bond motifs is 1. The van der Waals surface area contributed by atoms with Gasteiger partial charge in [-0.1, -0.05) is 77.3 Å². The van der Waals surface area contributed by atoms with Gasteiger partial charge in [0.05, 0.1) is 16.8 Å². The lowest BCUT2D eigenvalue weighted by Gasteiger charge is -2.24. The van der Waals surface area contributed by atoms with Crippen molar-refractivity contribution in [2.45, 2.75) is 18.4 Å². The van der Waals surface area contributed by atoms with E-state index in [1.165, 1.54) is 41.9 Å². The van der Waals surface area contributed by atoms with Crippen molar-refractivity contribution in [2.24, 2.45) is 5.10 Å². The van der Waals surface area contributed by atoms with Gasteiger partial charge in [0.25, 0.3) is 15.9 Å². The molecule has 0 spiro atoms. The van der Waals surface area contributed by atoms with Crippen LogP contribution in [0.15, 0.2) is 119 Å². The zero-order valence-electron chi connectivity index (χ0n) is 23.1. The molecule has 0 aliphatic carbocycles. The number of benzene rings is 5. The van der Waals surface area contributed by atoms with Crippen LogP contribution >= 0.6 is 23.2 Å². The van der Waals surface area contributed by atoms with Gasteiger partial charge in [0.15, 0.2) is 0 Å². The summed E-state index contributed by atoms with van der Waals surface area (Å²) in [5.41, 5.74) is 5.21. The second kappa shape index (κ2) is 13.3. The van der Waals surface area contributed by atoms with E-state index in [1.54, 1.807) is 24.3 Å². The van der Waals surface area contributed by atoms with Crippen molar-refractivity contribution in [1.82, 2.24) is 5.43 Å². The van der Waals surface area contributed by atoms with Crippen LogP contribution in [0.5, 0.6) is 5.75 Å². The first-order chi connectivity index (χ1) is 20.7. The molecule has 0 radical (unpaired) electrons. The zero-order chi connectivity index (χ0) is 30.4. The highest BCUT2D eigenvalue weighted by molar-refractivity contribution is 7.92. The molecule has 1 amide bonds. The first-order valence-electron chi connectivity index (χ1n) is 13.3. The average Bonchev–Trinajstić information content (AvgIpc) is 2.99. The summed E-state index contributed by atoms with van der Waals surface area (Å²) in [7, 11) is -4.13. The molecule has 1 N–H and O–H groups in total. The standard InChI is InChI=1S/C33H27Cl2N3O4S/c1-23-6-14-32(15-7-23)43(40,41)38(30-18-28(34)17-29(35)19-30)21-33(39)37-36-20-24-9-12-31(13-10-24)42-22-25-8-11-26-4-2-3-5-27(26)16-25/h2-20H,21-22H2,1H3,(H,37,39)/b36-20-. The Kier molecular flexibility index (Phi) is 9.31. The van der Waals surface area contributed by atoms with Crippen molar-refractivity contribution in [3.8, 4) is 5.75 Å². The van der Waals surface area contributed by atoms with Crippen LogP contribution in [0.3, 0.4) is 0 Å². The van der Waals surface area contributed by atoms with Crippen molar-refractivity contribution < 1.29 is 17.9 Å². The molecule has 5 rings (SSSR count). The number of nitrogens with one attached hydrogen (secondary N) is 1. The van der Waals surface area contributed by atoms with Crippen LogP contribution in [-0.4, -0.2) is 27.1 Å². The first kappa shape index (κ1) is 30.1. The van der Waals surface area contributed by atoms with Crippen molar-refractivity contribution in [2.75, 3.05) is 10.8 Å². The van der Waals surface area contributed by atoms with E-state index in [-0.39, 0.29) is 20.6 Å². The number of rotatable bonds is 10. The number of halogens is 2. The lowest BCUT2D eigenvalue weighted by molar-refractivity contribution is -0.119. The number of ether oxygens (including phenoxy) is 1. The number of hydrazone groups is 1. The molecule has 7 nitrogen and oxygen atoms in total. The second-order valence-corrected chi connectivity index (χ2v) is 12.5. The number of carbonyl (C=O) groups excluding carboxylic acids is 1. The van der Waals surface area contributed by atoms with E-state index < -0.39 is 22.5 Å². The molecule has 10 heteroatoms. The second-order valence-electron chi connectivity index (χ2n) is 9.78. The minimum atomic E-state index is -4.13. The minimum absolute atomic E-state index is 0.0217. The van der Waals surface area contributed by atoms with Gasteiger partial charge in [-0.3, -0.25) is 9.10 Å². The molecule has 218 valence electrons. The molecule has 0 aromatic heterocycles. The average molecular weight is 633 g/mol. The van der Waals surface area contributed by atoms with Crippen LogP contribution in [0.25, 0.3) is 10.8 Å². The van der Waals surface area contributed by atoms with Gasteiger partial charge in [-0.05, 0) is 89.5 Å². The highest BCUT2D eigenvalue weighted by Gasteiger charge is 2.27. The summed E-state index contributed by atoms with van der Waals surface area (Å²) < 4.78 is 33.9. The van der Waals surface area contributed by atoms with Gasteiger partial charge in [0.1, 0.15) is 18.9 Å². The van der Waals surface area contributed by atoms with E-state index in [0.717, 1.165) is 20.8 Å². The summed E-state index contributed by atoms with van der Waals surface area (Å²) >= 11 is 12.3. The molecule has 43 heavy (non-hydrogen) atoms. The van der Waals surface area contributed by atoms with Crippen molar-refractivity contribution in [3.63, 3.8) is 0 Å². The van der Waals surface area contributed by atoms with E-state index in [9.17, 15) is 13.2 Å². The molecule has 0 atom stereocenters. The number of sulfonamides is 1. The smallest absolute Gasteiger partial charge is 0.264 e. The molecular formula is C33H27Cl2N3O4S. The maximum Gasteiger partial charge on any atom is 0.264 e. The van der Waals surface area contributed by atoms with Crippen molar-refractivity contribution >= 4 is 61.8 Å². The van der Waals surface area contributed by atoms with Crippen LogP contribution in [0.4, 0.5) is 5.69 Å². The molecule has 0 aliphatic rings. The van der Waals surface area contributed by atoms with Gasteiger partial charge in [0.2, 0.25) is 0 Å². The Hall–Kier alpha value is -4.37. The maximum absolute atomic E-state index is 13.5. The molecule has 0 aliphatic heterocycles. The number of hydrogen-bond donors (Lipinski definition) is 1. The van der Waals surface area contributed by atoms with Crippen LogP contribution in [0.1, 0.15) is 16.7 Å². The summed E-state index contributed by atoms with van der Waals surface area (Å²) in [5, 5.41) is 6.80. The van der Waals surface area contributed by atoms with E-state index in [0.29, 0.717) is 17.9 Å². The monoisotopic (exact) mass is 631 g/mol. The Labute approximate surface area is 260 Å². The zero-order valence-corrected chi connectivity index (χ0v) is 25.4. The highest BCUT2D eigenvalue weighted by atomic mass is 35.5. The Morgan fingerprint density at radius 3 is 2.23 bits per heavy atom. The van der Waals surface area contributed by atoms with Crippen LogP contribution in [0, 0.1) is 6.92 Å². The van der Waals surface area contributed by atoms with Gasteiger partial charge >= 0.3 is 0 Å². The fourth-order valence-electron chi connectivity index (χ4n) is 4.33. The summed E-state index contributed by atoms with van der Waals surface area (Å²) in [6, 6.07) is 32.3. The number of anilines is 1. The molecule has 0 bridgehead atoms. The summed E-state index contributed by atoms with van der Waals surface area (Å²) in [6.45, 7) is 1.73. The predicted molar refractivity (Wildman–Crippen MR) is 173 cm³/mol. The summed E-state index contributed by atoms with van der Waals surface area (Å²) in [4.78, 5) is 12.9. The quantitative estimate of drug-likeness (QED) is 0.129. The first-order valence-corrected chi connectivity index (χ1v) is 15.4. The molecule has 0 saturated heterocycles. The molecular weight excluding hydrogens is 605 g/mol. The van der Waals surface area contributed by atoms with Gasteiger partial charge in [-0.25, -0.2) is 13.8 Å². The number of nitrogens with zero attached hydrogens (tertiary/aromatic N) is 2. The van der Waals surface area contributed by atoms with E-state index in [1.807, 2.05) is 37.3 Å². The molecule has 0 saturated carbocycles. The third-order valence-corrected chi connectivity index (χ3v) is 8.76. The third kappa shape index (κ3) is 7.73. The highest BCUT2D eigenvalue weighted by Crippen LogP contribution is 2.30. The fourth-order valence-corrected chi connectivity index (χ4v) is 6.24. The lowest BCUT2D eigenvalue weighted by atomic mass is 10.1.